The number of halogens is 5. The Morgan fingerprint density at radius 1 is 1.18 bits per heavy atom. The third-order valence-corrected chi connectivity index (χ3v) is 3.49. The first-order chi connectivity index (χ1) is 13.1. The minimum absolute atomic E-state index is 0.0419. The van der Waals surface area contributed by atoms with E-state index >= 15 is 0 Å². The molecule has 1 unspecified atom stereocenters. The largest absolute Gasteiger partial charge is 0.491 e. The lowest BCUT2D eigenvalue weighted by Crippen LogP contribution is -2.38. The number of aliphatic hydroxyl groups is 1. The molecule has 28 heavy (non-hydrogen) atoms. The number of carbonyl (C=O) groups is 1. The van der Waals surface area contributed by atoms with Gasteiger partial charge in [-0.05, 0) is 18.2 Å². The van der Waals surface area contributed by atoms with Crippen LogP contribution < -0.4 is 15.6 Å². The summed E-state index contributed by atoms with van der Waals surface area (Å²) in [6.45, 7) is -1.38. The highest BCUT2D eigenvalue weighted by molar-refractivity contribution is 5.75. The first-order valence-corrected chi connectivity index (χ1v) is 7.86. The number of amides is 1. The Hall–Kier alpha value is -2.95. The van der Waals surface area contributed by atoms with Crippen LogP contribution in [0, 0.1) is 11.6 Å². The van der Waals surface area contributed by atoms with E-state index in [-0.39, 0.29) is 18.9 Å². The lowest BCUT2D eigenvalue weighted by Gasteiger charge is -2.14. The summed E-state index contributed by atoms with van der Waals surface area (Å²) < 4.78 is 69.4. The number of pyridine rings is 1. The maximum absolute atomic E-state index is 13.0. The van der Waals surface area contributed by atoms with Crippen molar-refractivity contribution in [1.29, 1.82) is 0 Å². The topological polar surface area (TPSA) is 80.6 Å². The Morgan fingerprint density at radius 2 is 1.89 bits per heavy atom. The monoisotopic (exact) mass is 406 g/mol. The van der Waals surface area contributed by atoms with Crippen molar-refractivity contribution in [2.24, 2.45) is 0 Å². The number of rotatable bonds is 7. The number of aliphatic hydroxyl groups excluding tert-OH is 1. The summed E-state index contributed by atoms with van der Waals surface area (Å²) in [4.78, 5) is 23.4. The van der Waals surface area contributed by atoms with Gasteiger partial charge in [-0.25, -0.2) is 8.78 Å². The van der Waals surface area contributed by atoms with Gasteiger partial charge in [-0.2, -0.15) is 13.2 Å². The fourth-order valence-electron chi connectivity index (χ4n) is 2.08. The molecule has 0 fully saturated rings. The first kappa shape index (κ1) is 21.4. The van der Waals surface area contributed by atoms with Crippen LogP contribution in [0.5, 0.6) is 5.75 Å². The molecule has 2 aromatic rings. The summed E-state index contributed by atoms with van der Waals surface area (Å²) in [6.07, 6.45) is -5.39. The highest BCUT2D eigenvalue weighted by Gasteiger charge is 2.31. The smallest absolute Gasteiger partial charge is 0.417 e. The molecule has 1 amide bonds. The lowest BCUT2D eigenvalue weighted by molar-refractivity contribution is -0.138. The lowest BCUT2D eigenvalue weighted by atomic mass is 10.2. The predicted molar refractivity (Wildman–Crippen MR) is 86.6 cm³/mol. The second-order valence-electron chi connectivity index (χ2n) is 5.73. The van der Waals surface area contributed by atoms with Crippen molar-refractivity contribution in [2.75, 3.05) is 13.2 Å². The SMILES string of the molecule is O=C(Cn1cc(C(F)(F)F)ccc1=O)NCC(O)COc1ccc(F)c(F)c1. The average Bonchev–Trinajstić information content (AvgIpc) is 2.62. The molecule has 11 heteroatoms. The molecule has 0 radical (unpaired) electrons. The van der Waals surface area contributed by atoms with Crippen LogP contribution in [0.15, 0.2) is 41.3 Å². The van der Waals surface area contributed by atoms with Gasteiger partial charge in [0.2, 0.25) is 5.91 Å². The summed E-state index contributed by atoms with van der Waals surface area (Å²) >= 11 is 0. The van der Waals surface area contributed by atoms with E-state index in [1.54, 1.807) is 0 Å². The zero-order valence-corrected chi connectivity index (χ0v) is 14.2. The van der Waals surface area contributed by atoms with E-state index in [1.807, 2.05) is 0 Å². The summed E-state index contributed by atoms with van der Waals surface area (Å²) in [5.41, 5.74) is -1.88. The van der Waals surface area contributed by atoms with Crippen LogP contribution in [0.2, 0.25) is 0 Å². The van der Waals surface area contributed by atoms with E-state index in [4.69, 9.17) is 4.74 Å². The summed E-state index contributed by atoms with van der Waals surface area (Å²) in [5.74, 6) is -3.05. The van der Waals surface area contributed by atoms with Crippen LogP contribution in [0.1, 0.15) is 5.56 Å². The normalized spacial score (nSPS) is 12.5. The molecule has 2 rings (SSSR count). The number of nitrogens with zero attached hydrogens (tertiary/aromatic N) is 1. The summed E-state index contributed by atoms with van der Waals surface area (Å²) in [6, 6.07) is 4.06. The van der Waals surface area contributed by atoms with Gasteiger partial charge in [-0.15, -0.1) is 0 Å². The van der Waals surface area contributed by atoms with Gasteiger partial charge in [0, 0.05) is 24.9 Å². The molecule has 0 saturated heterocycles. The zero-order valence-electron chi connectivity index (χ0n) is 14.2. The molecular formula is C17H15F5N2O4. The Bertz CT molecular complexity index is 898. The van der Waals surface area contributed by atoms with Crippen LogP contribution in [-0.4, -0.2) is 34.8 Å². The summed E-state index contributed by atoms with van der Waals surface area (Å²) in [5, 5.41) is 12.0. The van der Waals surface area contributed by atoms with Crippen molar-refractivity contribution in [1.82, 2.24) is 9.88 Å². The number of hydrogen-bond donors (Lipinski definition) is 2. The number of ether oxygens (including phenoxy) is 1. The van der Waals surface area contributed by atoms with Gasteiger partial charge in [0.1, 0.15) is 25.0 Å². The predicted octanol–water partition coefficient (Wildman–Crippen LogP) is 1.70. The minimum atomic E-state index is -4.67. The number of carbonyl (C=O) groups excluding carboxylic acids is 1. The second kappa shape index (κ2) is 8.83. The van der Waals surface area contributed by atoms with E-state index in [0.717, 1.165) is 18.2 Å². The molecule has 0 aliphatic rings. The third-order valence-electron chi connectivity index (χ3n) is 3.49. The Kier molecular flexibility index (Phi) is 6.73. The Morgan fingerprint density at radius 3 is 2.54 bits per heavy atom. The number of aromatic nitrogens is 1. The quantitative estimate of drug-likeness (QED) is 0.686. The van der Waals surface area contributed by atoms with Gasteiger partial charge in [0.15, 0.2) is 11.6 Å². The highest BCUT2D eigenvalue weighted by Crippen LogP contribution is 2.27. The molecule has 0 bridgehead atoms. The Balaban J connectivity index is 1.85. The van der Waals surface area contributed by atoms with Crippen molar-refractivity contribution in [2.45, 2.75) is 18.8 Å². The van der Waals surface area contributed by atoms with Gasteiger partial charge >= 0.3 is 6.18 Å². The fourth-order valence-corrected chi connectivity index (χ4v) is 2.08. The molecule has 6 nitrogen and oxygen atoms in total. The van der Waals surface area contributed by atoms with Gasteiger partial charge in [0.25, 0.3) is 5.56 Å². The molecule has 2 N–H and O–H groups in total. The third kappa shape index (κ3) is 6.05. The van der Waals surface area contributed by atoms with Crippen LogP contribution in [0.3, 0.4) is 0 Å². The van der Waals surface area contributed by atoms with Gasteiger partial charge in [0.05, 0.1) is 5.56 Å². The molecule has 1 aromatic heterocycles. The van der Waals surface area contributed by atoms with E-state index in [1.165, 1.54) is 0 Å². The fraction of sp³-hybridized carbons (Fsp3) is 0.294. The number of nitrogens with one attached hydrogen (secondary N) is 1. The van der Waals surface area contributed by atoms with Crippen LogP contribution in [0.25, 0.3) is 0 Å². The van der Waals surface area contributed by atoms with Crippen molar-refractivity contribution in [3.05, 3.63) is 64.1 Å². The van der Waals surface area contributed by atoms with Crippen LogP contribution >= 0.6 is 0 Å². The molecule has 1 atom stereocenters. The molecule has 1 aromatic carbocycles. The van der Waals surface area contributed by atoms with Crippen molar-refractivity contribution < 1.29 is 36.6 Å². The van der Waals surface area contributed by atoms with Crippen molar-refractivity contribution in [3.8, 4) is 5.75 Å². The maximum atomic E-state index is 13.0. The van der Waals surface area contributed by atoms with Gasteiger partial charge in [-0.3, -0.25) is 9.59 Å². The first-order valence-electron chi connectivity index (χ1n) is 7.86. The minimum Gasteiger partial charge on any atom is -0.491 e. The van der Waals surface area contributed by atoms with Crippen LogP contribution in [0.4, 0.5) is 22.0 Å². The van der Waals surface area contributed by atoms with E-state index in [9.17, 15) is 36.6 Å². The van der Waals surface area contributed by atoms with Gasteiger partial charge < -0.3 is 19.7 Å². The average molecular weight is 406 g/mol. The second-order valence-corrected chi connectivity index (χ2v) is 5.73. The Labute approximate surface area is 155 Å². The van der Waals surface area contributed by atoms with E-state index in [2.05, 4.69) is 5.32 Å². The summed E-state index contributed by atoms with van der Waals surface area (Å²) in [7, 11) is 0. The molecule has 1 heterocycles. The molecule has 0 aliphatic carbocycles. The van der Waals surface area contributed by atoms with Crippen molar-refractivity contribution >= 4 is 5.91 Å². The van der Waals surface area contributed by atoms with Crippen molar-refractivity contribution in [3.63, 3.8) is 0 Å². The maximum Gasteiger partial charge on any atom is 0.417 e. The van der Waals surface area contributed by atoms with Crippen LogP contribution in [-0.2, 0) is 17.5 Å². The molecule has 0 spiro atoms. The van der Waals surface area contributed by atoms with E-state index < -0.39 is 47.5 Å². The van der Waals surface area contributed by atoms with Gasteiger partial charge in [-0.1, -0.05) is 0 Å². The standard InChI is InChI=1S/C17H15F5N2O4/c18-13-3-2-12(5-14(13)19)28-9-11(25)6-23-15(26)8-24-7-10(17(20,21)22)1-4-16(24)27/h1-5,7,11,25H,6,8-9H2,(H,23,26). The van der Waals surface area contributed by atoms with E-state index in [0.29, 0.717) is 22.9 Å². The molecular weight excluding hydrogens is 391 g/mol. The number of benzene rings is 1. The number of alkyl halides is 3. The zero-order chi connectivity index (χ0) is 20.9. The highest BCUT2D eigenvalue weighted by atomic mass is 19.4. The number of hydrogen-bond acceptors (Lipinski definition) is 4. The molecule has 0 aliphatic heterocycles. The molecule has 152 valence electrons. The molecule has 0 saturated carbocycles.